The second kappa shape index (κ2) is 5.92. The van der Waals surface area contributed by atoms with Crippen LogP contribution in [0.3, 0.4) is 0 Å². The van der Waals surface area contributed by atoms with E-state index in [1.54, 1.807) is 0 Å². The van der Waals surface area contributed by atoms with E-state index in [2.05, 4.69) is 4.98 Å². The summed E-state index contributed by atoms with van der Waals surface area (Å²) in [5, 5.41) is 8.98. The van der Waals surface area contributed by atoms with Crippen LogP contribution in [0.25, 0.3) is 0 Å². The Kier molecular flexibility index (Phi) is 4.24. The average molecular weight is 301 g/mol. The number of halogens is 3. The van der Waals surface area contributed by atoms with Gasteiger partial charge in [0.1, 0.15) is 17.4 Å². The summed E-state index contributed by atoms with van der Waals surface area (Å²) in [4.78, 5) is 3.70. The molecule has 106 valence electrons. The smallest absolute Gasteiger partial charge is 0.166 e. The lowest BCUT2D eigenvalue weighted by Crippen LogP contribution is -2.06. The number of aromatic nitrogens is 1. The molecule has 0 fully saturated rings. The average Bonchev–Trinajstić information content (AvgIpc) is 2.42. The zero-order valence-electron chi connectivity index (χ0n) is 10.2. The fourth-order valence-electron chi connectivity index (χ4n) is 1.62. The van der Waals surface area contributed by atoms with Gasteiger partial charge in [0.25, 0.3) is 0 Å². The van der Waals surface area contributed by atoms with Gasteiger partial charge in [0.2, 0.25) is 0 Å². The van der Waals surface area contributed by atoms with Crippen LogP contribution in [0.4, 0.5) is 14.6 Å². The molecule has 2 rings (SSSR count). The van der Waals surface area contributed by atoms with Crippen molar-refractivity contribution in [3.63, 3.8) is 0 Å². The molecule has 4 nitrogen and oxygen atoms in total. The van der Waals surface area contributed by atoms with Gasteiger partial charge >= 0.3 is 0 Å². The molecule has 1 heterocycles. The summed E-state index contributed by atoms with van der Waals surface area (Å²) in [6, 6.07) is 3.24. The molecule has 1 aromatic heterocycles. The predicted octanol–water partition coefficient (Wildman–Crippen LogP) is 2.92. The maximum absolute atomic E-state index is 13.5. The third-order valence-electron chi connectivity index (χ3n) is 2.62. The molecule has 0 atom stereocenters. The molecule has 2 aromatic rings. The van der Waals surface area contributed by atoms with Crippen molar-refractivity contribution in [1.82, 2.24) is 4.98 Å². The Morgan fingerprint density at radius 1 is 1.30 bits per heavy atom. The number of aromatic hydroxyl groups is 1. The van der Waals surface area contributed by atoms with E-state index in [-0.39, 0.29) is 40.9 Å². The number of hydrogen-bond donors (Lipinski definition) is 2. The minimum absolute atomic E-state index is 0.00935. The minimum Gasteiger partial charge on any atom is -0.506 e. The van der Waals surface area contributed by atoms with Crippen molar-refractivity contribution >= 4 is 17.4 Å². The summed E-state index contributed by atoms with van der Waals surface area (Å²) in [5.41, 5.74) is 5.57. The molecular weight excluding hydrogens is 290 g/mol. The van der Waals surface area contributed by atoms with Crippen LogP contribution in [0.15, 0.2) is 24.4 Å². The molecule has 0 saturated heterocycles. The highest BCUT2D eigenvalue weighted by molar-refractivity contribution is 6.31. The van der Waals surface area contributed by atoms with Gasteiger partial charge in [0, 0.05) is 18.1 Å². The van der Waals surface area contributed by atoms with Crippen LogP contribution < -0.4 is 10.5 Å². The van der Waals surface area contributed by atoms with Gasteiger partial charge in [-0.2, -0.15) is 0 Å². The highest BCUT2D eigenvalue weighted by atomic mass is 35.5. The van der Waals surface area contributed by atoms with Crippen molar-refractivity contribution in [3.05, 3.63) is 46.6 Å². The van der Waals surface area contributed by atoms with Gasteiger partial charge in [-0.25, -0.2) is 13.8 Å². The van der Waals surface area contributed by atoms with Crippen molar-refractivity contribution in [2.75, 3.05) is 12.3 Å². The number of rotatable bonds is 4. The molecule has 0 radical (unpaired) electrons. The largest absolute Gasteiger partial charge is 0.506 e. The first kappa shape index (κ1) is 14.3. The zero-order chi connectivity index (χ0) is 14.7. The van der Waals surface area contributed by atoms with Gasteiger partial charge in [-0.15, -0.1) is 0 Å². The van der Waals surface area contributed by atoms with E-state index in [9.17, 15) is 13.9 Å². The Morgan fingerprint density at radius 2 is 2.00 bits per heavy atom. The number of benzene rings is 1. The molecule has 0 aliphatic rings. The maximum Gasteiger partial charge on any atom is 0.166 e. The summed E-state index contributed by atoms with van der Waals surface area (Å²) >= 11 is 5.69. The first-order valence-corrected chi connectivity index (χ1v) is 6.06. The minimum atomic E-state index is -0.693. The molecule has 0 aliphatic carbocycles. The fraction of sp³-hybridized carbons (Fsp3) is 0.154. The molecule has 0 bridgehead atoms. The Bertz CT molecular complexity index is 638. The number of nitrogens with two attached hydrogens (primary N) is 1. The van der Waals surface area contributed by atoms with Crippen molar-refractivity contribution in [2.45, 2.75) is 6.42 Å². The second-order valence-electron chi connectivity index (χ2n) is 4.00. The van der Waals surface area contributed by atoms with Crippen LogP contribution in [0.1, 0.15) is 5.56 Å². The number of ether oxygens (including phenoxy) is 1. The van der Waals surface area contributed by atoms with Crippen LogP contribution in [0.5, 0.6) is 11.5 Å². The lowest BCUT2D eigenvalue weighted by molar-refractivity contribution is 0.318. The first-order chi connectivity index (χ1) is 9.49. The number of hydrogen-bond acceptors (Lipinski definition) is 4. The standard InChI is InChI=1S/C13H11ClF2N2O2/c14-12-8(9(15)1-2-10(12)16)3-4-20-11-5-7(19)6-18-13(11)17/h1-2,5-6,19H,3-4H2,(H2,17,18). The number of anilines is 1. The molecule has 0 saturated carbocycles. The van der Waals surface area contributed by atoms with E-state index in [0.29, 0.717) is 0 Å². The third-order valence-corrected chi connectivity index (χ3v) is 3.02. The van der Waals surface area contributed by atoms with Gasteiger partial charge in [0.05, 0.1) is 17.8 Å². The molecule has 20 heavy (non-hydrogen) atoms. The SMILES string of the molecule is Nc1ncc(O)cc1OCCc1c(F)ccc(F)c1Cl. The van der Waals surface area contributed by atoms with Gasteiger partial charge in [-0.05, 0) is 12.1 Å². The van der Waals surface area contributed by atoms with Gasteiger partial charge < -0.3 is 15.6 Å². The highest BCUT2D eigenvalue weighted by Gasteiger charge is 2.12. The van der Waals surface area contributed by atoms with Crippen molar-refractivity contribution in [3.8, 4) is 11.5 Å². The van der Waals surface area contributed by atoms with E-state index in [0.717, 1.165) is 12.1 Å². The maximum atomic E-state index is 13.5. The zero-order valence-corrected chi connectivity index (χ0v) is 11.0. The van der Waals surface area contributed by atoms with E-state index < -0.39 is 11.6 Å². The van der Waals surface area contributed by atoms with Crippen LogP contribution in [0, 0.1) is 11.6 Å². The lowest BCUT2D eigenvalue weighted by Gasteiger charge is -2.10. The van der Waals surface area contributed by atoms with E-state index in [1.165, 1.54) is 12.3 Å². The number of nitrogen functional groups attached to an aromatic ring is 1. The first-order valence-electron chi connectivity index (χ1n) is 5.68. The summed E-state index contributed by atoms with van der Waals surface area (Å²) in [5.74, 6) is -1.15. The number of nitrogens with zero attached hydrogens (tertiary/aromatic N) is 1. The van der Waals surface area contributed by atoms with Crippen LogP contribution >= 0.6 is 11.6 Å². The highest BCUT2D eigenvalue weighted by Crippen LogP contribution is 2.25. The molecule has 3 N–H and O–H groups in total. The number of pyridine rings is 1. The van der Waals surface area contributed by atoms with Crippen molar-refractivity contribution in [2.24, 2.45) is 0 Å². The van der Waals surface area contributed by atoms with Crippen molar-refractivity contribution in [1.29, 1.82) is 0 Å². The Morgan fingerprint density at radius 3 is 2.75 bits per heavy atom. The predicted molar refractivity (Wildman–Crippen MR) is 70.9 cm³/mol. The normalized spacial score (nSPS) is 10.6. The molecule has 0 unspecified atom stereocenters. The van der Waals surface area contributed by atoms with Crippen LogP contribution in [-0.2, 0) is 6.42 Å². The lowest BCUT2D eigenvalue weighted by atomic mass is 10.1. The Labute approximate surface area is 118 Å². The topological polar surface area (TPSA) is 68.4 Å². The quantitative estimate of drug-likeness (QED) is 0.852. The van der Waals surface area contributed by atoms with Gasteiger partial charge in [-0.3, -0.25) is 0 Å². The summed E-state index contributed by atoms with van der Waals surface area (Å²) in [6.45, 7) is 0.00935. The summed E-state index contributed by atoms with van der Waals surface area (Å²) in [7, 11) is 0. The Hall–Kier alpha value is -2.08. The molecule has 0 amide bonds. The van der Waals surface area contributed by atoms with E-state index in [4.69, 9.17) is 22.1 Å². The van der Waals surface area contributed by atoms with Gasteiger partial charge in [0.15, 0.2) is 11.6 Å². The van der Waals surface area contributed by atoms with E-state index >= 15 is 0 Å². The van der Waals surface area contributed by atoms with Crippen molar-refractivity contribution < 1.29 is 18.6 Å². The van der Waals surface area contributed by atoms with Crippen LogP contribution in [-0.4, -0.2) is 16.7 Å². The molecule has 0 aliphatic heterocycles. The monoisotopic (exact) mass is 300 g/mol. The van der Waals surface area contributed by atoms with Gasteiger partial charge in [-0.1, -0.05) is 11.6 Å². The second-order valence-corrected chi connectivity index (χ2v) is 4.38. The summed E-state index contributed by atoms with van der Waals surface area (Å²) in [6.07, 6.45) is 1.23. The molecular formula is C13H11ClF2N2O2. The van der Waals surface area contributed by atoms with E-state index in [1.807, 2.05) is 0 Å². The summed E-state index contributed by atoms with van der Waals surface area (Å²) < 4.78 is 32.0. The Balaban J connectivity index is 2.07. The molecule has 7 heteroatoms. The molecule has 0 spiro atoms. The van der Waals surface area contributed by atoms with Crippen LogP contribution in [0.2, 0.25) is 5.02 Å². The molecule has 1 aromatic carbocycles. The fourth-order valence-corrected chi connectivity index (χ4v) is 1.87. The third kappa shape index (κ3) is 3.08.